The highest BCUT2D eigenvalue weighted by molar-refractivity contribution is 6.10. The molecule has 0 saturated carbocycles. The van der Waals surface area contributed by atoms with Gasteiger partial charge in [-0.1, -0.05) is 71.8 Å². The van der Waals surface area contributed by atoms with Crippen LogP contribution in [0.3, 0.4) is 0 Å². The second-order valence-electron chi connectivity index (χ2n) is 16.2. The topological polar surface area (TPSA) is 53.3 Å². The Bertz CT molecular complexity index is 2300. The fourth-order valence-corrected chi connectivity index (χ4v) is 8.99. The van der Waals surface area contributed by atoms with Gasteiger partial charge in [0.1, 0.15) is 5.75 Å². The standard InChI is InChI=1S/C49H53N5O2/c1-34-8-12-37(13-9-34)39-16-18-46-42(30-39)43-31-40(38-14-10-35(2)11-15-38)17-19-47(43)54(46)23-5-20-51-24-26-52(27-25-51)21-6-28-56-48-32-45-44(29-36(48)3)49(55)53-22-4-7-41(53)33-50-45/h8-19,29-33,41H,4-7,20-28H2,1-3H3/t41-/m0/s1. The van der Waals surface area contributed by atoms with E-state index in [0.29, 0.717) is 12.2 Å². The fourth-order valence-electron chi connectivity index (χ4n) is 8.99. The van der Waals surface area contributed by atoms with Gasteiger partial charge in [-0.2, -0.15) is 0 Å². The van der Waals surface area contributed by atoms with Crippen LogP contribution in [0.25, 0.3) is 44.1 Å². The number of rotatable bonds is 11. The lowest BCUT2D eigenvalue weighted by molar-refractivity contribution is 0.0774. The Hall–Kier alpha value is -5.24. The molecule has 1 atom stereocenters. The summed E-state index contributed by atoms with van der Waals surface area (Å²) in [6.07, 6.45) is 6.07. The lowest BCUT2D eigenvalue weighted by Gasteiger charge is -2.34. The zero-order valence-corrected chi connectivity index (χ0v) is 33.1. The second kappa shape index (κ2) is 15.7. The molecule has 7 nitrogen and oxygen atoms in total. The zero-order valence-electron chi connectivity index (χ0n) is 33.1. The summed E-state index contributed by atoms with van der Waals surface area (Å²) in [5, 5.41) is 2.65. The van der Waals surface area contributed by atoms with Crippen molar-refractivity contribution in [3.8, 4) is 28.0 Å². The summed E-state index contributed by atoms with van der Waals surface area (Å²) in [4.78, 5) is 25.0. The van der Waals surface area contributed by atoms with E-state index in [-0.39, 0.29) is 11.9 Å². The average Bonchev–Trinajstić information content (AvgIpc) is 3.79. The molecule has 3 aliphatic rings. The van der Waals surface area contributed by atoms with E-state index < -0.39 is 0 Å². The number of hydrogen-bond acceptors (Lipinski definition) is 5. The Morgan fingerprint density at radius 1 is 0.643 bits per heavy atom. The number of aromatic nitrogens is 1. The van der Waals surface area contributed by atoms with Crippen LogP contribution in [0.5, 0.6) is 5.75 Å². The normalized spacial score (nSPS) is 17.4. The van der Waals surface area contributed by atoms with Gasteiger partial charge in [0.2, 0.25) is 0 Å². The highest BCUT2D eigenvalue weighted by atomic mass is 16.5. The first-order valence-corrected chi connectivity index (χ1v) is 20.7. The minimum Gasteiger partial charge on any atom is -0.493 e. The zero-order chi connectivity index (χ0) is 38.2. The number of hydrogen-bond donors (Lipinski definition) is 0. The van der Waals surface area contributed by atoms with Gasteiger partial charge < -0.3 is 24.0 Å². The van der Waals surface area contributed by atoms with Gasteiger partial charge in [-0.15, -0.1) is 0 Å². The number of fused-ring (bicyclic) bond motifs is 5. The largest absolute Gasteiger partial charge is 0.493 e. The van der Waals surface area contributed by atoms with Crippen molar-refractivity contribution >= 4 is 39.6 Å². The van der Waals surface area contributed by atoms with Gasteiger partial charge in [0.05, 0.1) is 23.9 Å². The van der Waals surface area contributed by atoms with Crippen molar-refractivity contribution < 1.29 is 9.53 Å². The van der Waals surface area contributed by atoms with E-state index in [1.54, 1.807) is 0 Å². The summed E-state index contributed by atoms with van der Waals surface area (Å²) in [6.45, 7) is 15.3. The van der Waals surface area contributed by atoms with Crippen LogP contribution < -0.4 is 4.74 Å². The Labute approximate surface area is 331 Å². The Morgan fingerprint density at radius 3 is 1.82 bits per heavy atom. The molecular formula is C49H53N5O2. The lowest BCUT2D eigenvalue weighted by Crippen LogP contribution is -2.47. The van der Waals surface area contributed by atoms with Crippen molar-refractivity contribution in [2.75, 3.05) is 52.4 Å². The van der Waals surface area contributed by atoms with E-state index in [0.717, 1.165) is 95.0 Å². The third-order valence-corrected chi connectivity index (χ3v) is 12.3. The SMILES string of the molecule is Cc1ccc(-c2ccc3c(c2)c2cc(-c4ccc(C)cc4)ccc2n3CCCN2CCN(CCCOc3cc4c(cc3C)C(=O)N3CCC[C@H]3C=N4)CC2)cc1. The van der Waals surface area contributed by atoms with Crippen LogP contribution in [-0.4, -0.2) is 89.9 Å². The lowest BCUT2D eigenvalue weighted by atomic mass is 9.99. The number of benzene rings is 5. The molecular weight excluding hydrogens is 691 g/mol. The van der Waals surface area contributed by atoms with Crippen molar-refractivity contribution in [1.29, 1.82) is 0 Å². The van der Waals surface area contributed by atoms with E-state index in [9.17, 15) is 4.79 Å². The van der Waals surface area contributed by atoms with Gasteiger partial charge in [-0.3, -0.25) is 9.79 Å². The smallest absolute Gasteiger partial charge is 0.256 e. The predicted octanol–water partition coefficient (Wildman–Crippen LogP) is 9.85. The molecule has 9 rings (SSSR count). The molecule has 4 heterocycles. The maximum atomic E-state index is 13.2. The molecule has 6 aromatic rings. The van der Waals surface area contributed by atoms with Crippen LogP contribution in [0.1, 0.15) is 52.7 Å². The monoisotopic (exact) mass is 743 g/mol. The third-order valence-electron chi connectivity index (χ3n) is 12.3. The van der Waals surface area contributed by atoms with Crippen LogP contribution in [0.15, 0.2) is 102 Å². The summed E-state index contributed by atoms with van der Waals surface area (Å²) >= 11 is 0. The Kier molecular flexibility index (Phi) is 10.2. The highest BCUT2D eigenvalue weighted by Crippen LogP contribution is 2.37. The van der Waals surface area contributed by atoms with Crippen LogP contribution in [0, 0.1) is 20.8 Å². The number of nitrogens with zero attached hydrogens (tertiary/aromatic N) is 5. The third kappa shape index (κ3) is 7.38. The van der Waals surface area contributed by atoms with Crippen molar-refractivity contribution in [2.24, 2.45) is 4.99 Å². The summed E-state index contributed by atoms with van der Waals surface area (Å²) in [7, 11) is 0. The molecule has 286 valence electrons. The second-order valence-corrected chi connectivity index (χ2v) is 16.2. The molecule has 0 bridgehead atoms. The first kappa shape index (κ1) is 36.4. The summed E-state index contributed by atoms with van der Waals surface area (Å²) in [6, 6.07) is 35.9. The molecule has 0 unspecified atom stereocenters. The number of piperazine rings is 1. The fraction of sp³-hybridized carbons (Fsp3) is 0.347. The molecule has 0 spiro atoms. The molecule has 0 N–H and O–H groups in total. The van der Waals surface area contributed by atoms with Gasteiger partial charge in [-0.25, -0.2) is 0 Å². The Balaban J connectivity index is 0.808. The van der Waals surface area contributed by atoms with Crippen LogP contribution >= 0.6 is 0 Å². The molecule has 56 heavy (non-hydrogen) atoms. The maximum Gasteiger partial charge on any atom is 0.256 e. The quantitative estimate of drug-likeness (QED) is 0.124. The first-order valence-electron chi connectivity index (χ1n) is 20.7. The molecule has 1 aromatic heterocycles. The van der Waals surface area contributed by atoms with Gasteiger partial charge in [0, 0.05) is 79.9 Å². The average molecular weight is 744 g/mol. The minimum atomic E-state index is 0.0980. The number of aliphatic imine (C=N–C) groups is 1. The van der Waals surface area contributed by atoms with Crippen molar-refractivity contribution in [2.45, 2.75) is 59.0 Å². The summed E-state index contributed by atoms with van der Waals surface area (Å²) < 4.78 is 8.82. The number of carbonyl (C=O) groups excluding carboxylic acids is 1. The van der Waals surface area contributed by atoms with E-state index in [1.165, 1.54) is 55.2 Å². The first-order chi connectivity index (χ1) is 27.4. The molecule has 2 saturated heterocycles. The van der Waals surface area contributed by atoms with E-state index in [2.05, 4.69) is 113 Å². The summed E-state index contributed by atoms with van der Waals surface area (Å²) in [5.74, 6) is 0.933. The van der Waals surface area contributed by atoms with Gasteiger partial charge >= 0.3 is 0 Å². The van der Waals surface area contributed by atoms with Crippen molar-refractivity contribution in [3.05, 3.63) is 119 Å². The van der Waals surface area contributed by atoms with Crippen LogP contribution in [-0.2, 0) is 6.54 Å². The molecule has 1 amide bonds. The Morgan fingerprint density at radius 2 is 1.21 bits per heavy atom. The number of aryl methyl sites for hydroxylation is 4. The highest BCUT2D eigenvalue weighted by Gasteiger charge is 2.32. The van der Waals surface area contributed by atoms with Gasteiger partial charge in [-0.05, 0) is 111 Å². The number of amides is 1. The molecule has 2 fully saturated rings. The van der Waals surface area contributed by atoms with E-state index in [1.807, 2.05) is 30.2 Å². The minimum absolute atomic E-state index is 0.0980. The number of ether oxygens (including phenoxy) is 1. The number of carbonyl (C=O) groups is 1. The molecule has 7 heteroatoms. The molecule has 0 radical (unpaired) electrons. The maximum absolute atomic E-state index is 13.2. The molecule has 0 aliphatic carbocycles. The molecule has 5 aromatic carbocycles. The van der Waals surface area contributed by atoms with E-state index in [4.69, 9.17) is 9.73 Å². The van der Waals surface area contributed by atoms with Gasteiger partial charge in [0.25, 0.3) is 5.91 Å². The van der Waals surface area contributed by atoms with Crippen LogP contribution in [0.4, 0.5) is 5.69 Å². The molecule has 3 aliphatic heterocycles. The summed E-state index contributed by atoms with van der Waals surface area (Å²) in [5.41, 5.74) is 12.7. The van der Waals surface area contributed by atoms with Crippen molar-refractivity contribution in [3.63, 3.8) is 0 Å². The van der Waals surface area contributed by atoms with E-state index >= 15 is 0 Å². The predicted molar refractivity (Wildman–Crippen MR) is 231 cm³/mol. The van der Waals surface area contributed by atoms with Gasteiger partial charge in [0.15, 0.2) is 0 Å². The van der Waals surface area contributed by atoms with Crippen molar-refractivity contribution in [1.82, 2.24) is 19.3 Å². The van der Waals surface area contributed by atoms with Crippen LogP contribution in [0.2, 0.25) is 0 Å².